The monoisotopic (exact) mass is 421 g/mol. The molecule has 1 N–H and O–H groups in total. The van der Waals surface area contributed by atoms with Crippen molar-refractivity contribution in [2.24, 2.45) is 0 Å². The lowest BCUT2D eigenvalue weighted by Crippen LogP contribution is -2.47. The lowest BCUT2D eigenvalue weighted by atomic mass is 10.1. The average molecular weight is 422 g/mol. The number of hydrogen-bond donors (Lipinski definition) is 1. The van der Waals surface area contributed by atoms with E-state index < -0.39 is 10.0 Å². The second-order valence-electron chi connectivity index (χ2n) is 6.94. The predicted molar refractivity (Wildman–Crippen MR) is 111 cm³/mol. The fourth-order valence-corrected chi connectivity index (χ4v) is 4.08. The molecule has 0 unspecified atom stereocenters. The fraction of sp³-hybridized carbons (Fsp3) is 0.350. The van der Waals surface area contributed by atoms with E-state index in [1.807, 2.05) is 36.4 Å². The zero-order valence-corrected chi connectivity index (χ0v) is 17.3. The molecule has 0 saturated carbocycles. The molecule has 1 amide bonds. The van der Waals surface area contributed by atoms with Crippen molar-refractivity contribution in [2.45, 2.75) is 13.1 Å². The number of amides is 1. The van der Waals surface area contributed by atoms with Crippen LogP contribution < -0.4 is 5.32 Å². The van der Waals surface area contributed by atoms with Crippen LogP contribution in [0.3, 0.4) is 0 Å². The van der Waals surface area contributed by atoms with Gasteiger partial charge in [0.05, 0.1) is 6.26 Å². The summed E-state index contributed by atoms with van der Waals surface area (Å²) in [6.07, 6.45) is 1.25. The van der Waals surface area contributed by atoms with Crippen molar-refractivity contribution >= 4 is 27.5 Å². The molecule has 1 aliphatic heterocycles. The van der Waals surface area contributed by atoms with Gasteiger partial charge in [0, 0.05) is 49.9 Å². The summed E-state index contributed by atoms with van der Waals surface area (Å²) in [5.74, 6) is -0.122. The molecule has 0 atom stereocenters. The number of rotatable bonds is 6. The summed E-state index contributed by atoms with van der Waals surface area (Å²) < 4.78 is 24.7. The van der Waals surface area contributed by atoms with Crippen LogP contribution in [-0.2, 0) is 23.1 Å². The molecule has 0 bridgehead atoms. The Morgan fingerprint density at radius 1 is 0.964 bits per heavy atom. The molecule has 150 valence electrons. The van der Waals surface area contributed by atoms with Crippen LogP contribution in [0.2, 0.25) is 5.02 Å². The van der Waals surface area contributed by atoms with Crippen LogP contribution in [0.4, 0.5) is 0 Å². The molecule has 8 heteroatoms. The van der Waals surface area contributed by atoms with E-state index in [9.17, 15) is 13.2 Å². The highest BCUT2D eigenvalue weighted by molar-refractivity contribution is 7.88. The molecule has 0 spiro atoms. The highest BCUT2D eigenvalue weighted by Crippen LogP contribution is 2.13. The molecule has 0 radical (unpaired) electrons. The van der Waals surface area contributed by atoms with Crippen LogP contribution in [0.5, 0.6) is 0 Å². The number of carbonyl (C=O) groups excluding carboxylic acids is 1. The molecule has 2 aromatic carbocycles. The maximum Gasteiger partial charge on any atom is 0.251 e. The number of nitrogens with one attached hydrogen (secondary N) is 1. The van der Waals surface area contributed by atoms with E-state index in [0.717, 1.165) is 17.7 Å². The predicted octanol–water partition coefficient (Wildman–Crippen LogP) is 2.35. The molecule has 2 aromatic rings. The largest absolute Gasteiger partial charge is 0.348 e. The average Bonchev–Trinajstić information content (AvgIpc) is 2.67. The lowest BCUT2D eigenvalue weighted by molar-refractivity contribution is 0.0951. The molecule has 0 aliphatic carbocycles. The maximum absolute atomic E-state index is 12.3. The minimum Gasteiger partial charge on any atom is -0.348 e. The van der Waals surface area contributed by atoms with Crippen LogP contribution in [-0.4, -0.2) is 56.0 Å². The summed E-state index contributed by atoms with van der Waals surface area (Å²) in [4.78, 5) is 14.5. The SMILES string of the molecule is CS(=O)(=O)N1CCN(Cc2ccc(C(=O)NCc3ccc(Cl)cc3)cc2)CC1. The summed E-state index contributed by atoms with van der Waals surface area (Å²) in [6.45, 7) is 3.63. The first-order chi connectivity index (χ1) is 13.3. The van der Waals surface area contributed by atoms with Gasteiger partial charge in [0.2, 0.25) is 10.0 Å². The molecule has 28 heavy (non-hydrogen) atoms. The number of halogens is 1. The minimum absolute atomic E-state index is 0.122. The Hall–Kier alpha value is -1.93. The van der Waals surface area contributed by atoms with E-state index in [0.29, 0.717) is 43.3 Å². The smallest absolute Gasteiger partial charge is 0.251 e. The zero-order valence-electron chi connectivity index (χ0n) is 15.8. The van der Waals surface area contributed by atoms with E-state index in [1.54, 1.807) is 12.1 Å². The van der Waals surface area contributed by atoms with E-state index in [2.05, 4.69) is 10.2 Å². The van der Waals surface area contributed by atoms with Crippen molar-refractivity contribution < 1.29 is 13.2 Å². The molecule has 1 heterocycles. The van der Waals surface area contributed by atoms with Gasteiger partial charge in [0.25, 0.3) is 5.91 Å². The topological polar surface area (TPSA) is 69.7 Å². The Balaban J connectivity index is 1.49. The van der Waals surface area contributed by atoms with Gasteiger partial charge < -0.3 is 5.32 Å². The molecule has 1 fully saturated rings. The molecule has 3 rings (SSSR count). The first kappa shape index (κ1) is 20.8. The third kappa shape index (κ3) is 5.78. The molecule has 0 aromatic heterocycles. The highest BCUT2D eigenvalue weighted by atomic mass is 35.5. The number of sulfonamides is 1. The second-order valence-corrected chi connectivity index (χ2v) is 9.36. The van der Waals surface area contributed by atoms with Crippen LogP contribution in [0.15, 0.2) is 48.5 Å². The minimum atomic E-state index is -3.11. The Morgan fingerprint density at radius 2 is 1.54 bits per heavy atom. The van der Waals surface area contributed by atoms with Crippen LogP contribution in [0, 0.1) is 0 Å². The summed E-state index contributed by atoms with van der Waals surface area (Å²) >= 11 is 5.86. The lowest BCUT2D eigenvalue weighted by Gasteiger charge is -2.33. The third-order valence-corrected chi connectivity index (χ3v) is 6.34. The van der Waals surface area contributed by atoms with E-state index in [1.165, 1.54) is 10.6 Å². The summed E-state index contributed by atoms with van der Waals surface area (Å²) in [6, 6.07) is 14.9. The Kier molecular flexibility index (Phi) is 6.72. The van der Waals surface area contributed by atoms with Gasteiger partial charge in [-0.05, 0) is 35.4 Å². The summed E-state index contributed by atoms with van der Waals surface area (Å²) in [5.41, 5.74) is 2.70. The van der Waals surface area contributed by atoms with Gasteiger partial charge >= 0.3 is 0 Å². The van der Waals surface area contributed by atoms with Crippen LogP contribution in [0.1, 0.15) is 21.5 Å². The first-order valence-electron chi connectivity index (χ1n) is 9.10. The first-order valence-corrected chi connectivity index (χ1v) is 11.3. The van der Waals surface area contributed by atoms with Gasteiger partial charge in [-0.15, -0.1) is 0 Å². The standard InChI is InChI=1S/C20H24ClN3O3S/c1-28(26,27)24-12-10-23(11-13-24)15-17-2-6-18(7-3-17)20(25)22-14-16-4-8-19(21)9-5-16/h2-9H,10-15H2,1H3,(H,22,25). The van der Waals surface area contributed by atoms with Crippen LogP contribution >= 0.6 is 11.6 Å². The number of piperazine rings is 1. The number of benzene rings is 2. The van der Waals surface area contributed by atoms with Gasteiger partial charge in [-0.3, -0.25) is 9.69 Å². The van der Waals surface area contributed by atoms with Crippen molar-refractivity contribution in [1.29, 1.82) is 0 Å². The third-order valence-electron chi connectivity index (χ3n) is 4.79. The second kappa shape index (κ2) is 9.05. The Labute approximate surface area is 171 Å². The Morgan fingerprint density at radius 3 is 2.11 bits per heavy atom. The molecular weight excluding hydrogens is 398 g/mol. The molecule has 6 nitrogen and oxygen atoms in total. The van der Waals surface area contributed by atoms with E-state index >= 15 is 0 Å². The highest BCUT2D eigenvalue weighted by Gasteiger charge is 2.23. The quantitative estimate of drug-likeness (QED) is 0.777. The zero-order chi connectivity index (χ0) is 20.1. The van der Waals surface area contributed by atoms with Gasteiger partial charge in [0.15, 0.2) is 0 Å². The van der Waals surface area contributed by atoms with Crippen LogP contribution in [0.25, 0.3) is 0 Å². The van der Waals surface area contributed by atoms with Crippen molar-refractivity contribution in [3.05, 3.63) is 70.2 Å². The number of nitrogens with zero attached hydrogens (tertiary/aromatic N) is 2. The number of hydrogen-bond acceptors (Lipinski definition) is 4. The van der Waals surface area contributed by atoms with E-state index in [4.69, 9.17) is 11.6 Å². The van der Waals surface area contributed by atoms with Crippen molar-refractivity contribution in [3.8, 4) is 0 Å². The molecule has 1 saturated heterocycles. The molecular formula is C20H24ClN3O3S. The maximum atomic E-state index is 12.3. The van der Waals surface area contributed by atoms with Gasteiger partial charge in [-0.25, -0.2) is 8.42 Å². The van der Waals surface area contributed by atoms with Crippen molar-refractivity contribution in [2.75, 3.05) is 32.4 Å². The van der Waals surface area contributed by atoms with E-state index in [-0.39, 0.29) is 5.91 Å². The summed E-state index contributed by atoms with van der Waals surface area (Å²) in [5, 5.41) is 3.57. The number of carbonyl (C=O) groups is 1. The summed E-state index contributed by atoms with van der Waals surface area (Å²) in [7, 11) is -3.11. The van der Waals surface area contributed by atoms with Gasteiger partial charge in [0.1, 0.15) is 0 Å². The molecule has 1 aliphatic rings. The Bertz CT molecular complexity index is 907. The van der Waals surface area contributed by atoms with Crippen molar-refractivity contribution in [3.63, 3.8) is 0 Å². The fourth-order valence-electron chi connectivity index (χ4n) is 3.13. The van der Waals surface area contributed by atoms with Gasteiger partial charge in [-0.1, -0.05) is 35.9 Å². The van der Waals surface area contributed by atoms with Crippen molar-refractivity contribution in [1.82, 2.24) is 14.5 Å². The normalized spacial score (nSPS) is 16.1. The van der Waals surface area contributed by atoms with Gasteiger partial charge in [-0.2, -0.15) is 4.31 Å².